The zero-order chi connectivity index (χ0) is 9.40. The minimum absolute atomic E-state index is 0.159. The topological polar surface area (TPSA) is 61.8 Å². The van der Waals surface area contributed by atoms with Crippen molar-refractivity contribution in [2.75, 3.05) is 13.2 Å². The summed E-state index contributed by atoms with van der Waals surface area (Å²) in [4.78, 5) is 9.64. The van der Waals surface area contributed by atoms with Gasteiger partial charge < -0.3 is 9.05 Å². The Morgan fingerprint density at radius 3 is 2.08 bits per heavy atom. The summed E-state index contributed by atoms with van der Waals surface area (Å²) in [5.41, 5.74) is 0. The molecule has 5 nitrogen and oxygen atoms in total. The van der Waals surface area contributed by atoms with Gasteiger partial charge in [0.1, 0.15) is 0 Å². The molecule has 1 rings (SSSR count). The van der Waals surface area contributed by atoms with Crippen molar-refractivity contribution in [3.8, 4) is 0 Å². The van der Waals surface area contributed by atoms with Gasteiger partial charge in [-0.1, -0.05) is 0 Å². The molecule has 0 saturated carbocycles. The van der Waals surface area contributed by atoms with E-state index in [4.69, 9.17) is 0 Å². The molecular formula is C5H10HgO5P. The van der Waals surface area contributed by atoms with E-state index in [-0.39, 0.29) is 32.5 Å². The molecule has 1 fully saturated rings. The first kappa shape index (κ1) is 12.6. The van der Waals surface area contributed by atoms with Crippen LogP contribution in [-0.4, -0.2) is 19.2 Å². The second-order valence-corrected chi connectivity index (χ2v) is 4.14. The average Bonchev–Trinajstić information content (AvgIpc) is 2.07. The fourth-order valence-electron chi connectivity index (χ4n) is 0.412. The molecule has 0 aromatic rings. The van der Waals surface area contributed by atoms with E-state index in [1.807, 2.05) is 0 Å². The van der Waals surface area contributed by atoms with E-state index in [1.165, 1.54) is 6.92 Å². The number of hydrogen-bond acceptors (Lipinski definition) is 5. The zero-order valence-electron chi connectivity index (χ0n) is 6.87. The first-order valence-corrected chi connectivity index (χ1v) is 6.86. The van der Waals surface area contributed by atoms with Crippen LogP contribution in [0.5, 0.6) is 0 Å². The van der Waals surface area contributed by atoms with Gasteiger partial charge in [0.15, 0.2) is 0 Å². The van der Waals surface area contributed by atoms with E-state index < -0.39 is 8.25 Å². The van der Waals surface area contributed by atoms with Crippen LogP contribution in [-0.2, 0) is 47.6 Å². The van der Waals surface area contributed by atoms with Gasteiger partial charge in [0.25, 0.3) is 0 Å². The number of carbonyl (C=O) groups excluding carboxylic acids is 1. The second-order valence-electron chi connectivity index (χ2n) is 1.94. The van der Waals surface area contributed by atoms with Gasteiger partial charge in [-0.25, -0.2) is 0 Å². The Balaban J connectivity index is 0.000000217. The standard InChI is InChI=1S/C3H7O3P.C2H4O2.Hg/c4-7-5-2-1-3-6-7;1-2(3)4;/h7H,1-3H2;1H3,(H,3,4);/q;;+1/p-1. The second kappa shape index (κ2) is 8.17. The summed E-state index contributed by atoms with van der Waals surface area (Å²) in [6.45, 7) is 2.60. The van der Waals surface area contributed by atoms with Crippen LogP contribution in [0.3, 0.4) is 0 Å². The minimum atomic E-state index is -2.04. The van der Waals surface area contributed by atoms with Crippen molar-refractivity contribution >= 4 is 14.2 Å². The SMILES string of the molecule is CC(=O)[O][Hg].O=[PH]1OCCCO1. The summed E-state index contributed by atoms with van der Waals surface area (Å²) in [6.07, 6.45) is 0.871. The van der Waals surface area contributed by atoms with Crippen LogP contribution in [0.25, 0.3) is 0 Å². The number of carbonyl (C=O) groups is 1. The third kappa shape index (κ3) is 8.65. The smallest absolute Gasteiger partial charge is 0.311 e. The molecule has 12 heavy (non-hydrogen) atoms. The molecule has 0 amide bonds. The van der Waals surface area contributed by atoms with Crippen molar-refractivity contribution in [3.63, 3.8) is 0 Å². The maximum absolute atomic E-state index is 10.2. The Hall–Kier alpha value is 0.555. The third-order valence-electron chi connectivity index (χ3n) is 0.932. The summed E-state index contributed by atoms with van der Waals surface area (Å²) in [5, 5.41) is 0. The van der Waals surface area contributed by atoms with Crippen molar-refractivity contribution in [2.24, 2.45) is 0 Å². The molecule has 0 N–H and O–H groups in total. The molecule has 0 spiro atoms. The summed E-state index contributed by atoms with van der Waals surface area (Å²) in [5.74, 6) is -0.159. The predicted octanol–water partition coefficient (Wildman–Crippen LogP) is 0.824. The van der Waals surface area contributed by atoms with Crippen LogP contribution in [0.15, 0.2) is 0 Å². The van der Waals surface area contributed by atoms with Crippen molar-refractivity contribution < 1.29 is 47.6 Å². The van der Waals surface area contributed by atoms with Gasteiger partial charge >= 0.3 is 55.2 Å². The third-order valence-corrected chi connectivity index (χ3v) is 3.39. The normalized spacial score (nSPS) is 17.6. The largest absolute Gasteiger partial charge is 0.319 e. The minimum Gasteiger partial charge on any atom is -0.311 e. The summed E-state index contributed by atoms with van der Waals surface area (Å²) < 4.78 is 23.7. The average molecular weight is 382 g/mol. The maximum Gasteiger partial charge on any atom is 0.319 e. The molecule has 0 aromatic carbocycles. The summed E-state index contributed by atoms with van der Waals surface area (Å²) >= 11 is 0.194. The molecule has 0 aliphatic carbocycles. The molecule has 1 saturated heterocycles. The Labute approximate surface area is 88.3 Å². The molecule has 0 unspecified atom stereocenters. The molecule has 0 aromatic heterocycles. The van der Waals surface area contributed by atoms with Gasteiger partial charge in [-0.3, -0.25) is 4.57 Å². The first-order valence-electron chi connectivity index (χ1n) is 3.39. The summed E-state index contributed by atoms with van der Waals surface area (Å²) in [7, 11) is -2.04. The molecule has 0 radical (unpaired) electrons. The molecule has 0 atom stereocenters. The molecule has 1 heterocycles. The van der Waals surface area contributed by atoms with E-state index in [9.17, 15) is 9.36 Å². The fraction of sp³-hybridized carbons (Fsp3) is 0.800. The van der Waals surface area contributed by atoms with Gasteiger partial charge in [-0.15, -0.1) is 0 Å². The van der Waals surface area contributed by atoms with Crippen molar-refractivity contribution in [1.29, 1.82) is 0 Å². The number of rotatable bonds is 0. The van der Waals surface area contributed by atoms with Crippen LogP contribution in [0.4, 0.5) is 0 Å². The Morgan fingerprint density at radius 2 is 1.92 bits per heavy atom. The van der Waals surface area contributed by atoms with E-state index in [2.05, 4.69) is 11.7 Å². The fourth-order valence-corrected chi connectivity index (χ4v) is 1.12. The predicted molar refractivity (Wildman–Crippen MR) is 37.3 cm³/mol. The Kier molecular flexibility index (Phi) is 8.54. The number of hydrogen-bond donors (Lipinski definition) is 0. The van der Waals surface area contributed by atoms with Gasteiger partial charge in [-0.2, -0.15) is 0 Å². The van der Waals surface area contributed by atoms with Crippen LogP contribution < -0.4 is 0 Å². The van der Waals surface area contributed by atoms with Crippen LogP contribution in [0.2, 0.25) is 0 Å². The van der Waals surface area contributed by atoms with Gasteiger partial charge in [0.05, 0.1) is 13.2 Å². The molecule has 1 aliphatic heterocycles. The van der Waals surface area contributed by atoms with Crippen molar-refractivity contribution in [1.82, 2.24) is 0 Å². The van der Waals surface area contributed by atoms with Gasteiger partial charge in [0, 0.05) is 0 Å². The quantitative estimate of drug-likeness (QED) is 0.459. The summed E-state index contributed by atoms with van der Waals surface area (Å²) in [6, 6.07) is 0. The zero-order valence-corrected chi connectivity index (χ0v) is 13.4. The monoisotopic (exact) mass is 383 g/mol. The molecular weight excluding hydrogens is 372 g/mol. The Bertz CT molecular complexity index is 154. The molecule has 7 heteroatoms. The van der Waals surface area contributed by atoms with E-state index >= 15 is 0 Å². The molecule has 67 valence electrons. The van der Waals surface area contributed by atoms with Crippen LogP contribution >= 0.6 is 8.25 Å². The van der Waals surface area contributed by atoms with Crippen molar-refractivity contribution in [2.45, 2.75) is 13.3 Å². The maximum atomic E-state index is 10.2. The Morgan fingerprint density at radius 1 is 1.50 bits per heavy atom. The van der Waals surface area contributed by atoms with E-state index in [0.29, 0.717) is 13.2 Å². The van der Waals surface area contributed by atoms with E-state index in [0.717, 1.165) is 6.42 Å². The van der Waals surface area contributed by atoms with Crippen LogP contribution in [0.1, 0.15) is 13.3 Å². The van der Waals surface area contributed by atoms with Gasteiger partial charge in [-0.05, 0) is 6.42 Å². The van der Waals surface area contributed by atoms with E-state index in [1.54, 1.807) is 0 Å². The van der Waals surface area contributed by atoms with Gasteiger partial charge in [0.2, 0.25) is 0 Å². The van der Waals surface area contributed by atoms with Crippen molar-refractivity contribution in [3.05, 3.63) is 0 Å². The molecule has 1 aliphatic rings. The molecule has 0 bridgehead atoms. The first-order chi connectivity index (χ1) is 5.66. The van der Waals surface area contributed by atoms with Crippen LogP contribution in [0, 0.1) is 0 Å².